The summed E-state index contributed by atoms with van der Waals surface area (Å²) in [6.45, 7) is 5.00. The SMILES string of the molecule is C[C@@H]1CN(C(=O)CCNC(=O)c2ccc(F)c(F)c2)C[C@@H](C)O1. The first-order chi connectivity index (χ1) is 10.9. The first kappa shape index (κ1) is 17.3. The van der Waals surface area contributed by atoms with Gasteiger partial charge in [-0.05, 0) is 32.0 Å². The number of nitrogens with one attached hydrogen (secondary N) is 1. The van der Waals surface area contributed by atoms with E-state index >= 15 is 0 Å². The smallest absolute Gasteiger partial charge is 0.251 e. The van der Waals surface area contributed by atoms with Gasteiger partial charge in [0.2, 0.25) is 5.91 Å². The zero-order valence-corrected chi connectivity index (χ0v) is 13.1. The van der Waals surface area contributed by atoms with E-state index in [4.69, 9.17) is 4.74 Å². The molecule has 23 heavy (non-hydrogen) atoms. The van der Waals surface area contributed by atoms with Gasteiger partial charge in [-0.3, -0.25) is 9.59 Å². The van der Waals surface area contributed by atoms with Crippen molar-refractivity contribution in [3.8, 4) is 0 Å². The molecule has 126 valence electrons. The Hall–Kier alpha value is -2.02. The molecule has 1 aromatic carbocycles. The maximum absolute atomic E-state index is 13.1. The van der Waals surface area contributed by atoms with Gasteiger partial charge in [0.05, 0.1) is 12.2 Å². The Morgan fingerprint density at radius 1 is 1.22 bits per heavy atom. The maximum Gasteiger partial charge on any atom is 0.251 e. The van der Waals surface area contributed by atoms with Crippen LogP contribution < -0.4 is 5.32 Å². The Morgan fingerprint density at radius 2 is 1.87 bits per heavy atom. The van der Waals surface area contributed by atoms with Crippen LogP contribution in [0, 0.1) is 11.6 Å². The van der Waals surface area contributed by atoms with Crippen molar-refractivity contribution >= 4 is 11.8 Å². The highest BCUT2D eigenvalue weighted by molar-refractivity contribution is 5.94. The van der Waals surface area contributed by atoms with Gasteiger partial charge in [0, 0.05) is 31.6 Å². The van der Waals surface area contributed by atoms with E-state index in [-0.39, 0.29) is 36.6 Å². The number of carbonyl (C=O) groups is 2. The molecule has 0 bridgehead atoms. The maximum atomic E-state index is 13.1. The minimum Gasteiger partial charge on any atom is -0.372 e. The molecule has 1 heterocycles. The van der Waals surface area contributed by atoms with Crippen LogP contribution in [0.4, 0.5) is 8.78 Å². The first-order valence-corrected chi connectivity index (χ1v) is 7.53. The fourth-order valence-corrected chi connectivity index (χ4v) is 2.56. The van der Waals surface area contributed by atoms with Crippen molar-refractivity contribution < 1.29 is 23.1 Å². The van der Waals surface area contributed by atoms with Gasteiger partial charge < -0.3 is 15.0 Å². The predicted octanol–water partition coefficient (Wildman–Crippen LogP) is 1.72. The van der Waals surface area contributed by atoms with Crippen LogP contribution in [0.5, 0.6) is 0 Å². The highest BCUT2D eigenvalue weighted by Gasteiger charge is 2.25. The van der Waals surface area contributed by atoms with Gasteiger partial charge in [-0.15, -0.1) is 0 Å². The molecule has 0 saturated carbocycles. The van der Waals surface area contributed by atoms with Crippen LogP contribution in [0.2, 0.25) is 0 Å². The standard InChI is InChI=1S/C16H20F2N2O3/c1-10-8-20(9-11(2)23-10)15(21)5-6-19-16(22)12-3-4-13(17)14(18)7-12/h3-4,7,10-11H,5-6,8-9H2,1-2H3,(H,19,22)/t10-,11-/m1/s1. The number of benzene rings is 1. The summed E-state index contributed by atoms with van der Waals surface area (Å²) in [6.07, 6.45) is 0.119. The van der Waals surface area contributed by atoms with E-state index in [0.29, 0.717) is 13.1 Å². The summed E-state index contributed by atoms with van der Waals surface area (Å²) in [7, 11) is 0. The summed E-state index contributed by atoms with van der Waals surface area (Å²) in [5.74, 6) is -2.70. The van der Waals surface area contributed by atoms with Gasteiger partial charge in [-0.2, -0.15) is 0 Å². The van der Waals surface area contributed by atoms with Gasteiger partial charge in [0.25, 0.3) is 5.91 Å². The van der Waals surface area contributed by atoms with E-state index in [1.54, 1.807) is 4.90 Å². The fraction of sp³-hybridized carbons (Fsp3) is 0.500. The average molecular weight is 326 g/mol. The van der Waals surface area contributed by atoms with Crippen LogP contribution in [0.25, 0.3) is 0 Å². The number of carbonyl (C=O) groups excluding carboxylic acids is 2. The van der Waals surface area contributed by atoms with Crippen LogP contribution in [0.15, 0.2) is 18.2 Å². The summed E-state index contributed by atoms with van der Waals surface area (Å²) >= 11 is 0. The Kier molecular flexibility index (Phi) is 5.65. The molecule has 1 saturated heterocycles. The lowest BCUT2D eigenvalue weighted by atomic mass is 10.2. The molecule has 0 radical (unpaired) electrons. The minimum atomic E-state index is -1.08. The molecule has 1 fully saturated rings. The average Bonchev–Trinajstić information content (AvgIpc) is 2.48. The Labute approximate surface area is 133 Å². The molecular formula is C16H20F2N2O3. The second-order valence-corrected chi connectivity index (χ2v) is 5.69. The molecule has 1 aliphatic heterocycles. The van der Waals surface area contributed by atoms with Gasteiger partial charge in [0.1, 0.15) is 0 Å². The highest BCUT2D eigenvalue weighted by atomic mass is 19.2. The summed E-state index contributed by atoms with van der Waals surface area (Å²) in [6, 6.07) is 2.92. The molecular weight excluding hydrogens is 306 g/mol. The normalized spacial score (nSPS) is 21.1. The third-order valence-corrected chi connectivity index (χ3v) is 3.58. The van der Waals surface area contributed by atoms with E-state index < -0.39 is 17.5 Å². The summed E-state index contributed by atoms with van der Waals surface area (Å²) in [5.41, 5.74) is 0.0185. The molecule has 1 aromatic rings. The second kappa shape index (κ2) is 7.50. The lowest BCUT2D eigenvalue weighted by Crippen LogP contribution is -2.48. The Balaban J connectivity index is 1.80. The van der Waals surface area contributed by atoms with Crippen LogP contribution in [-0.4, -0.2) is 48.6 Å². The van der Waals surface area contributed by atoms with E-state index in [0.717, 1.165) is 12.1 Å². The quantitative estimate of drug-likeness (QED) is 0.916. The number of amides is 2. The molecule has 1 N–H and O–H groups in total. The van der Waals surface area contributed by atoms with Crippen LogP contribution >= 0.6 is 0 Å². The Bertz CT molecular complexity index is 585. The van der Waals surface area contributed by atoms with Gasteiger partial charge in [-0.25, -0.2) is 8.78 Å². The number of hydrogen-bond donors (Lipinski definition) is 1. The number of rotatable bonds is 4. The van der Waals surface area contributed by atoms with Crippen molar-refractivity contribution in [2.75, 3.05) is 19.6 Å². The van der Waals surface area contributed by atoms with Crippen molar-refractivity contribution in [1.82, 2.24) is 10.2 Å². The largest absolute Gasteiger partial charge is 0.372 e. The topological polar surface area (TPSA) is 58.6 Å². The number of hydrogen-bond acceptors (Lipinski definition) is 3. The van der Waals surface area contributed by atoms with Crippen molar-refractivity contribution in [1.29, 1.82) is 0 Å². The lowest BCUT2D eigenvalue weighted by Gasteiger charge is -2.35. The molecule has 0 aromatic heterocycles. The van der Waals surface area contributed by atoms with Gasteiger partial charge in [0.15, 0.2) is 11.6 Å². The molecule has 2 atom stereocenters. The third-order valence-electron chi connectivity index (χ3n) is 3.58. The van der Waals surface area contributed by atoms with Crippen LogP contribution in [-0.2, 0) is 9.53 Å². The number of halogens is 2. The molecule has 0 aliphatic carbocycles. The zero-order chi connectivity index (χ0) is 17.0. The van der Waals surface area contributed by atoms with E-state index in [9.17, 15) is 18.4 Å². The summed E-state index contributed by atoms with van der Waals surface area (Å²) < 4.78 is 31.5. The fourth-order valence-electron chi connectivity index (χ4n) is 2.56. The molecule has 0 unspecified atom stereocenters. The van der Waals surface area contributed by atoms with Crippen LogP contribution in [0.1, 0.15) is 30.6 Å². The molecule has 2 rings (SSSR count). The van der Waals surface area contributed by atoms with Crippen LogP contribution in [0.3, 0.4) is 0 Å². The third kappa shape index (κ3) is 4.72. The molecule has 2 amide bonds. The number of morpholine rings is 1. The summed E-state index contributed by atoms with van der Waals surface area (Å²) in [5, 5.41) is 2.53. The Morgan fingerprint density at radius 3 is 2.48 bits per heavy atom. The lowest BCUT2D eigenvalue weighted by molar-refractivity contribution is -0.143. The first-order valence-electron chi connectivity index (χ1n) is 7.53. The monoisotopic (exact) mass is 326 g/mol. The van der Waals surface area contributed by atoms with Gasteiger partial charge in [-0.1, -0.05) is 0 Å². The molecule has 0 spiro atoms. The van der Waals surface area contributed by atoms with Crippen molar-refractivity contribution in [3.63, 3.8) is 0 Å². The highest BCUT2D eigenvalue weighted by Crippen LogP contribution is 2.12. The van der Waals surface area contributed by atoms with Gasteiger partial charge >= 0.3 is 0 Å². The molecule has 5 nitrogen and oxygen atoms in total. The van der Waals surface area contributed by atoms with Crippen molar-refractivity contribution in [2.24, 2.45) is 0 Å². The van der Waals surface area contributed by atoms with Crippen molar-refractivity contribution in [3.05, 3.63) is 35.4 Å². The summed E-state index contributed by atoms with van der Waals surface area (Å²) in [4.78, 5) is 25.7. The molecule has 1 aliphatic rings. The van der Waals surface area contributed by atoms with E-state index in [1.807, 2.05) is 13.8 Å². The van der Waals surface area contributed by atoms with Crippen molar-refractivity contribution in [2.45, 2.75) is 32.5 Å². The second-order valence-electron chi connectivity index (χ2n) is 5.69. The number of nitrogens with zero attached hydrogens (tertiary/aromatic N) is 1. The minimum absolute atomic E-state index is 0.0144. The van der Waals surface area contributed by atoms with E-state index in [2.05, 4.69) is 5.32 Å². The predicted molar refractivity (Wildman–Crippen MR) is 79.9 cm³/mol. The zero-order valence-electron chi connectivity index (χ0n) is 13.1. The van der Waals surface area contributed by atoms with E-state index in [1.165, 1.54) is 6.07 Å². The number of ether oxygens (including phenoxy) is 1. The molecule has 7 heteroatoms.